The Balaban J connectivity index is 1.83. The molecule has 3 amide bonds. The van der Waals surface area contributed by atoms with Gasteiger partial charge in [-0.25, -0.2) is 5.43 Å². The number of methoxy groups -OCH3 is 1. The number of hydrazone groups is 1. The van der Waals surface area contributed by atoms with Crippen molar-refractivity contribution in [1.29, 1.82) is 0 Å². The summed E-state index contributed by atoms with van der Waals surface area (Å²) in [5.74, 6) is -1.47. The molecule has 2 aromatic rings. The molecule has 0 fully saturated rings. The SMILES string of the molecule is COc1cc(C=NNC(=O)C(=O)NCCCOC(C)C)ccc1OCC(=O)Nc1ccc(Cl)cc1Cl. The van der Waals surface area contributed by atoms with E-state index in [4.69, 9.17) is 37.4 Å². The highest BCUT2D eigenvalue weighted by Crippen LogP contribution is 2.28. The van der Waals surface area contributed by atoms with Crippen LogP contribution in [-0.4, -0.2) is 56.9 Å². The monoisotopic (exact) mass is 538 g/mol. The number of nitrogens with one attached hydrogen (secondary N) is 3. The molecule has 0 heterocycles. The molecule has 2 rings (SSSR count). The van der Waals surface area contributed by atoms with E-state index in [1.807, 2.05) is 13.8 Å². The number of carbonyl (C=O) groups is 3. The lowest BCUT2D eigenvalue weighted by Crippen LogP contribution is -2.38. The van der Waals surface area contributed by atoms with Crippen molar-refractivity contribution in [2.24, 2.45) is 5.10 Å². The van der Waals surface area contributed by atoms with Crippen molar-refractivity contribution in [3.8, 4) is 11.5 Å². The van der Waals surface area contributed by atoms with Gasteiger partial charge in [0, 0.05) is 18.2 Å². The smallest absolute Gasteiger partial charge is 0.329 e. The molecule has 0 radical (unpaired) electrons. The Hall–Kier alpha value is -3.34. The van der Waals surface area contributed by atoms with E-state index in [1.165, 1.54) is 19.4 Å². The first-order chi connectivity index (χ1) is 17.2. The lowest BCUT2D eigenvalue weighted by Gasteiger charge is -2.12. The highest BCUT2D eigenvalue weighted by molar-refractivity contribution is 6.36. The zero-order chi connectivity index (χ0) is 26.5. The molecule has 0 saturated heterocycles. The number of carbonyl (C=O) groups excluding carboxylic acids is 3. The van der Waals surface area contributed by atoms with Crippen LogP contribution in [0.15, 0.2) is 41.5 Å². The van der Waals surface area contributed by atoms with Gasteiger partial charge in [0.1, 0.15) is 0 Å². The van der Waals surface area contributed by atoms with E-state index in [0.29, 0.717) is 52.4 Å². The summed E-state index contributed by atoms with van der Waals surface area (Å²) in [6.45, 7) is 4.34. The molecular weight excluding hydrogens is 511 g/mol. The number of anilines is 1. The second-order valence-electron chi connectivity index (χ2n) is 7.60. The van der Waals surface area contributed by atoms with Gasteiger partial charge < -0.3 is 24.8 Å². The highest BCUT2D eigenvalue weighted by atomic mass is 35.5. The van der Waals surface area contributed by atoms with Crippen LogP contribution < -0.4 is 25.5 Å². The van der Waals surface area contributed by atoms with Crippen LogP contribution >= 0.6 is 23.2 Å². The van der Waals surface area contributed by atoms with Gasteiger partial charge in [0.2, 0.25) is 0 Å². The van der Waals surface area contributed by atoms with Crippen molar-refractivity contribution in [3.05, 3.63) is 52.0 Å². The number of hydrogen-bond acceptors (Lipinski definition) is 7. The Morgan fingerprint density at radius 3 is 2.53 bits per heavy atom. The zero-order valence-corrected chi connectivity index (χ0v) is 21.6. The minimum absolute atomic E-state index is 0.108. The molecule has 0 saturated carbocycles. The molecular formula is C24H28Cl2N4O6. The third-order valence-electron chi connectivity index (χ3n) is 4.40. The third kappa shape index (κ3) is 10.1. The van der Waals surface area contributed by atoms with E-state index >= 15 is 0 Å². The predicted octanol–water partition coefficient (Wildman–Crippen LogP) is 3.40. The van der Waals surface area contributed by atoms with Gasteiger partial charge in [0.15, 0.2) is 18.1 Å². The predicted molar refractivity (Wildman–Crippen MR) is 138 cm³/mol. The molecule has 2 aromatic carbocycles. The van der Waals surface area contributed by atoms with Crippen LogP contribution in [0.25, 0.3) is 0 Å². The maximum absolute atomic E-state index is 12.2. The number of halogens is 2. The van der Waals surface area contributed by atoms with Gasteiger partial charge in [-0.1, -0.05) is 23.2 Å². The summed E-state index contributed by atoms with van der Waals surface area (Å²) in [5.41, 5.74) is 3.12. The molecule has 0 bridgehead atoms. The van der Waals surface area contributed by atoms with E-state index in [9.17, 15) is 14.4 Å². The molecule has 36 heavy (non-hydrogen) atoms. The average Bonchev–Trinajstić information content (AvgIpc) is 2.84. The molecule has 3 N–H and O–H groups in total. The Labute approximate surface area is 219 Å². The molecule has 0 aliphatic carbocycles. The minimum atomic E-state index is -0.894. The van der Waals surface area contributed by atoms with Gasteiger partial charge in [-0.15, -0.1) is 0 Å². The Morgan fingerprint density at radius 2 is 1.83 bits per heavy atom. The van der Waals surface area contributed by atoms with Crippen LogP contribution in [0.2, 0.25) is 10.0 Å². The maximum atomic E-state index is 12.2. The first-order valence-corrected chi connectivity index (χ1v) is 11.7. The first-order valence-electron chi connectivity index (χ1n) is 11.0. The van der Waals surface area contributed by atoms with Gasteiger partial charge in [-0.2, -0.15) is 5.10 Å². The van der Waals surface area contributed by atoms with Crippen LogP contribution in [0.3, 0.4) is 0 Å². The number of nitrogens with zero attached hydrogens (tertiary/aromatic N) is 1. The standard InChI is InChI=1S/C24H28Cl2N4O6/c1-15(2)35-10-4-9-27-23(32)24(33)30-28-13-16-5-8-20(21(11-16)34-3)36-14-22(31)29-19-7-6-17(25)12-18(19)26/h5-8,11-13,15H,4,9-10,14H2,1-3H3,(H,27,32)(H,29,31)(H,30,33). The number of hydrogen-bond donors (Lipinski definition) is 3. The molecule has 0 spiro atoms. The molecule has 194 valence electrons. The molecule has 12 heteroatoms. The van der Waals surface area contributed by atoms with Gasteiger partial charge in [-0.05, 0) is 62.2 Å². The van der Waals surface area contributed by atoms with E-state index < -0.39 is 17.7 Å². The first kappa shape index (κ1) is 28.9. The zero-order valence-electron chi connectivity index (χ0n) is 20.1. The number of amides is 3. The second kappa shape index (κ2) is 14.9. The molecule has 0 aliphatic rings. The summed E-state index contributed by atoms with van der Waals surface area (Å²) >= 11 is 11.9. The van der Waals surface area contributed by atoms with Crippen molar-refractivity contribution in [2.75, 3.05) is 32.2 Å². The normalized spacial score (nSPS) is 10.8. The van der Waals surface area contributed by atoms with Gasteiger partial charge in [-0.3, -0.25) is 14.4 Å². The summed E-state index contributed by atoms with van der Waals surface area (Å²) in [5, 5.41) is 9.65. The van der Waals surface area contributed by atoms with Crippen molar-refractivity contribution >= 4 is 52.8 Å². The van der Waals surface area contributed by atoms with E-state index in [1.54, 1.807) is 30.3 Å². The summed E-state index contributed by atoms with van der Waals surface area (Å²) in [4.78, 5) is 35.8. The number of ether oxygens (including phenoxy) is 3. The molecule has 10 nitrogen and oxygen atoms in total. The molecule has 0 unspecified atom stereocenters. The van der Waals surface area contributed by atoms with Crippen molar-refractivity contribution in [2.45, 2.75) is 26.4 Å². The quantitative estimate of drug-likeness (QED) is 0.164. The van der Waals surface area contributed by atoms with Crippen LogP contribution in [0.1, 0.15) is 25.8 Å². The Kier molecular flexibility index (Phi) is 12.0. The van der Waals surface area contributed by atoms with Crippen LogP contribution in [0.4, 0.5) is 5.69 Å². The fraction of sp³-hybridized carbons (Fsp3) is 0.333. The molecule has 0 aromatic heterocycles. The Bertz CT molecular complexity index is 1090. The van der Waals surface area contributed by atoms with Gasteiger partial charge in [0.05, 0.1) is 30.1 Å². The highest BCUT2D eigenvalue weighted by Gasteiger charge is 2.12. The number of benzene rings is 2. The Morgan fingerprint density at radius 1 is 1.06 bits per heavy atom. The largest absolute Gasteiger partial charge is 0.493 e. The summed E-state index contributed by atoms with van der Waals surface area (Å²) in [6, 6.07) is 9.51. The fourth-order valence-corrected chi connectivity index (χ4v) is 3.15. The summed E-state index contributed by atoms with van der Waals surface area (Å²) in [6.07, 6.45) is 2.03. The maximum Gasteiger partial charge on any atom is 0.329 e. The lowest BCUT2D eigenvalue weighted by molar-refractivity contribution is -0.139. The van der Waals surface area contributed by atoms with E-state index in [0.717, 1.165) is 0 Å². The van der Waals surface area contributed by atoms with Gasteiger partial charge >= 0.3 is 11.8 Å². The van der Waals surface area contributed by atoms with E-state index in [-0.39, 0.29) is 12.7 Å². The summed E-state index contributed by atoms with van der Waals surface area (Å²) in [7, 11) is 1.44. The molecule has 0 atom stereocenters. The lowest BCUT2D eigenvalue weighted by atomic mass is 10.2. The minimum Gasteiger partial charge on any atom is -0.493 e. The third-order valence-corrected chi connectivity index (χ3v) is 4.94. The van der Waals surface area contributed by atoms with Crippen LogP contribution in [0.5, 0.6) is 11.5 Å². The van der Waals surface area contributed by atoms with Crippen molar-refractivity contribution < 1.29 is 28.6 Å². The van der Waals surface area contributed by atoms with Crippen LogP contribution in [0, 0.1) is 0 Å². The van der Waals surface area contributed by atoms with Crippen LogP contribution in [-0.2, 0) is 19.1 Å². The topological polar surface area (TPSA) is 127 Å². The van der Waals surface area contributed by atoms with E-state index in [2.05, 4.69) is 21.2 Å². The fourth-order valence-electron chi connectivity index (χ4n) is 2.69. The van der Waals surface area contributed by atoms with Crippen molar-refractivity contribution in [1.82, 2.24) is 10.7 Å². The average molecular weight is 539 g/mol. The van der Waals surface area contributed by atoms with Crippen molar-refractivity contribution in [3.63, 3.8) is 0 Å². The number of rotatable bonds is 12. The molecule has 0 aliphatic heterocycles. The summed E-state index contributed by atoms with van der Waals surface area (Å²) < 4.78 is 16.2. The second-order valence-corrected chi connectivity index (χ2v) is 8.44. The van der Waals surface area contributed by atoms with Gasteiger partial charge in [0.25, 0.3) is 5.91 Å².